The SMILES string of the molecule is CC(C)(C)C1CCC(=O)CC1N1CCC1. The molecule has 2 atom stereocenters. The van der Waals surface area contributed by atoms with Crippen LogP contribution >= 0.6 is 0 Å². The van der Waals surface area contributed by atoms with Crippen molar-refractivity contribution in [3.8, 4) is 0 Å². The van der Waals surface area contributed by atoms with Crippen molar-refractivity contribution in [3.05, 3.63) is 0 Å². The number of hydrogen-bond acceptors (Lipinski definition) is 2. The van der Waals surface area contributed by atoms with E-state index in [0.29, 0.717) is 23.2 Å². The maximum atomic E-state index is 11.6. The number of ketones is 1. The maximum Gasteiger partial charge on any atom is 0.134 e. The number of carbonyl (C=O) groups is 1. The molecule has 0 aromatic rings. The molecule has 2 rings (SSSR count). The molecule has 1 aliphatic heterocycles. The molecular formula is C13H23NO. The van der Waals surface area contributed by atoms with E-state index in [1.54, 1.807) is 0 Å². The van der Waals surface area contributed by atoms with Crippen molar-refractivity contribution >= 4 is 5.78 Å². The van der Waals surface area contributed by atoms with Gasteiger partial charge in [0.25, 0.3) is 0 Å². The molecule has 2 heteroatoms. The molecule has 15 heavy (non-hydrogen) atoms. The second kappa shape index (κ2) is 3.89. The lowest BCUT2D eigenvalue weighted by molar-refractivity contribution is -0.126. The van der Waals surface area contributed by atoms with Gasteiger partial charge in [-0.25, -0.2) is 0 Å². The van der Waals surface area contributed by atoms with E-state index in [-0.39, 0.29) is 0 Å². The normalized spacial score (nSPS) is 33.9. The Labute approximate surface area is 93.0 Å². The van der Waals surface area contributed by atoms with Crippen molar-refractivity contribution in [2.75, 3.05) is 13.1 Å². The van der Waals surface area contributed by atoms with E-state index in [0.717, 1.165) is 19.3 Å². The monoisotopic (exact) mass is 209 g/mol. The fourth-order valence-corrected chi connectivity index (χ4v) is 3.05. The highest BCUT2D eigenvalue weighted by Crippen LogP contribution is 2.40. The number of hydrogen-bond donors (Lipinski definition) is 0. The zero-order valence-electron chi connectivity index (χ0n) is 10.3. The first-order valence-electron chi connectivity index (χ1n) is 6.24. The van der Waals surface area contributed by atoms with Crippen molar-refractivity contribution in [1.82, 2.24) is 4.90 Å². The van der Waals surface area contributed by atoms with E-state index in [1.807, 2.05) is 0 Å². The predicted octanol–water partition coefficient (Wildman–Crippen LogP) is 2.48. The number of rotatable bonds is 1. The van der Waals surface area contributed by atoms with Gasteiger partial charge in [0.2, 0.25) is 0 Å². The fraction of sp³-hybridized carbons (Fsp3) is 0.923. The van der Waals surface area contributed by atoms with Crippen LogP contribution in [0, 0.1) is 11.3 Å². The lowest BCUT2D eigenvalue weighted by atomic mass is 9.68. The van der Waals surface area contributed by atoms with Crippen LogP contribution in [-0.2, 0) is 4.79 Å². The van der Waals surface area contributed by atoms with Crippen LogP contribution < -0.4 is 0 Å². The molecule has 2 aliphatic rings. The van der Waals surface area contributed by atoms with Crippen LogP contribution in [0.4, 0.5) is 0 Å². The summed E-state index contributed by atoms with van der Waals surface area (Å²) in [6, 6.07) is 0.542. The van der Waals surface area contributed by atoms with Crippen molar-refractivity contribution in [2.24, 2.45) is 11.3 Å². The molecule has 1 heterocycles. The highest BCUT2D eigenvalue weighted by atomic mass is 16.1. The largest absolute Gasteiger partial charge is 0.300 e. The molecule has 2 unspecified atom stereocenters. The van der Waals surface area contributed by atoms with Crippen molar-refractivity contribution in [1.29, 1.82) is 0 Å². The molecule has 2 nitrogen and oxygen atoms in total. The van der Waals surface area contributed by atoms with Gasteiger partial charge in [0.1, 0.15) is 5.78 Å². The topological polar surface area (TPSA) is 20.3 Å². The smallest absolute Gasteiger partial charge is 0.134 e. The lowest BCUT2D eigenvalue weighted by Gasteiger charge is -2.48. The molecule has 86 valence electrons. The second-order valence-corrected chi connectivity index (χ2v) is 6.21. The van der Waals surface area contributed by atoms with Gasteiger partial charge in [-0.3, -0.25) is 9.69 Å². The molecule has 0 amide bonds. The van der Waals surface area contributed by atoms with Crippen LogP contribution in [0.2, 0.25) is 0 Å². The number of nitrogens with zero attached hydrogens (tertiary/aromatic N) is 1. The summed E-state index contributed by atoms with van der Waals surface area (Å²) in [6.45, 7) is 9.38. The minimum atomic E-state index is 0.348. The Morgan fingerprint density at radius 3 is 2.40 bits per heavy atom. The third-order valence-electron chi connectivity index (χ3n) is 4.11. The number of carbonyl (C=O) groups excluding carboxylic acids is 1. The van der Waals surface area contributed by atoms with Crippen LogP contribution in [0.25, 0.3) is 0 Å². The Morgan fingerprint density at radius 1 is 1.27 bits per heavy atom. The molecule has 1 saturated heterocycles. The van der Waals surface area contributed by atoms with E-state index in [1.165, 1.54) is 19.5 Å². The Kier molecular flexibility index (Phi) is 2.89. The molecule has 0 spiro atoms. The summed E-state index contributed by atoms with van der Waals surface area (Å²) in [5, 5.41) is 0. The predicted molar refractivity (Wildman–Crippen MR) is 61.8 cm³/mol. The van der Waals surface area contributed by atoms with E-state index < -0.39 is 0 Å². The van der Waals surface area contributed by atoms with Gasteiger partial charge >= 0.3 is 0 Å². The van der Waals surface area contributed by atoms with Crippen LogP contribution in [-0.4, -0.2) is 29.8 Å². The summed E-state index contributed by atoms with van der Waals surface area (Å²) in [5.74, 6) is 1.18. The first-order valence-corrected chi connectivity index (χ1v) is 6.24. The number of likely N-dealkylation sites (tertiary alicyclic amines) is 1. The standard InChI is InChI=1S/C13H23NO/c1-13(2,3)11-6-5-10(15)9-12(11)14-7-4-8-14/h11-12H,4-9H2,1-3H3. The molecule has 0 radical (unpaired) electrons. The maximum absolute atomic E-state index is 11.6. The van der Waals surface area contributed by atoms with E-state index in [9.17, 15) is 4.79 Å². The summed E-state index contributed by atoms with van der Waals surface area (Å²) in [7, 11) is 0. The highest BCUT2D eigenvalue weighted by molar-refractivity contribution is 5.80. The lowest BCUT2D eigenvalue weighted by Crippen LogP contribution is -2.53. The summed E-state index contributed by atoms with van der Waals surface area (Å²) in [5.41, 5.74) is 0.348. The van der Waals surface area contributed by atoms with Gasteiger partial charge in [0.05, 0.1) is 0 Å². The molecular weight excluding hydrogens is 186 g/mol. The molecule has 0 aromatic carbocycles. The van der Waals surface area contributed by atoms with Crippen molar-refractivity contribution < 1.29 is 4.79 Å². The van der Waals surface area contributed by atoms with Gasteiger partial charge in [-0.2, -0.15) is 0 Å². The molecule has 0 N–H and O–H groups in total. The first kappa shape index (κ1) is 11.1. The van der Waals surface area contributed by atoms with E-state index in [4.69, 9.17) is 0 Å². The minimum Gasteiger partial charge on any atom is -0.300 e. The van der Waals surface area contributed by atoms with Gasteiger partial charge in [-0.15, -0.1) is 0 Å². The fourth-order valence-electron chi connectivity index (χ4n) is 3.05. The summed E-state index contributed by atoms with van der Waals surface area (Å²) >= 11 is 0. The third kappa shape index (κ3) is 2.25. The molecule has 1 aliphatic carbocycles. The van der Waals surface area contributed by atoms with Gasteiger partial charge < -0.3 is 0 Å². The molecule has 0 aromatic heterocycles. The van der Waals surface area contributed by atoms with Crippen molar-refractivity contribution in [2.45, 2.75) is 52.5 Å². The minimum absolute atomic E-state index is 0.348. The van der Waals surface area contributed by atoms with Gasteiger partial charge in [0, 0.05) is 18.9 Å². The van der Waals surface area contributed by atoms with Crippen LogP contribution in [0.5, 0.6) is 0 Å². The Morgan fingerprint density at radius 2 is 1.93 bits per heavy atom. The first-order chi connectivity index (χ1) is 6.98. The van der Waals surface area contributed by atoms with Crippen molar-refractivity contribution in [3.63, 3.8) is 0 Å². The molecule has 1 saturated carbocycles. The average molecular weight is 209 g/mol. The Balaban J connectivity index is 2.09. The summed E-state index contributed by atoms with van der Waals surface area (Å²) in [6.07, 6.45) is 4.04. The molecule has 0 bridgehead atoms. The summed E-state index contributed by atoms with van der Waals surface area (Å²) in [4.78, 5) is 14.1. The van der Waals surface area contributed by atoms with Gasteiger partial charge in [0.15, 0.2) is 0 Å². The zero-order valence-corrected chi connectivity index (χ0v) is 10.3. The zero-order chi connectivity index (χ0) is 11.1. The van der Waals surface area contributed by atoms with E-state index >= 15 is 0 Å². The van der Waals surface area contributed by atoms with Gasteiger partial charge in [-0.05, 0) is 37.3 Å². The van der Waals surface area contributed by atoms with E-state index in [2.05, 4.69) is 25.7 Å². The second-order valence-electron chi connectivity index (χ2n) is 6.21. The average Bonchev–Trinajstić information content (AvgIpc) is 1.98. The van der Waals surface area contributed by atoms with Crippen LogP contribution in [0.15, 0.2) is 0 Å². The van der Waals surface area contributed by atoms with Gasteiger partial charge in [-0.1, -0.05) is 20.8 Å². The highest BCUT2D eigenvalue weighted by Gasteiger charge is 2.40. The quantitative estimate of drug-likeness (QED) is 0.661. The Bertz CT molecular complexity index is 250. The summed E-state index contributed by atoms with van der Waals surface area (Å²) < 4.78 is 0. The third-order valence-corrected chi connectivity index (χ3v) is 4.11. The Hall–Kier alpha value is -0.370. The van der Waals surface area contributed by atoms with Crippen LogP contribution in [0.3, 0.4) is 0 Å². The number of Topliss-reactive ketones (excluding diaryl/α,β-unsaturated/α-hetero) is 1. The molecule has 2 fully saturated rings. The van der Waals surface area contributed by atoms with Crippen LogP contribution in [0.1, 0.15) is 46.5 Å².